The highest BCUT2D eigenvalue weighted by Crippen LogP contribution is 2.28. The third-order valence-corrected chi connectivity index (χ3v) is 3.97. The maximum absolute atomic E-state index is 12.2. The molecule has 0 aliphatic carbocycles. The Bertz CT molecular complexity index is 925. The third kappa shape index (κ3) is 3.95. The minimum absolute atomic E-state index is 0.0302. The molecule has 0 aliphatic rings. The van der Waals surface area contributed by atoms with Crippen molar-refractivity contribution in [2.45, 2.75) is 6.92 Å². The van der Waals surface area contributed by atoms with E-state index in [0.717, 1.165) is 4.47 Å². The van der Waals surface area contributed by atoms with Gasteiger partial charge in [0.15, 0.2) is 5.69 Å². The largest absolute Gasteiger partial charge is 0.464 e. The van der Waals surface area contributed by atoms with Crippen LogP contribution in [-0.4, -0.2) is 30.2 Å². The average Bonchev–Trinajstić information content (AvgIpc) is 2.96. The molecule has 0 saturated carbocycles. The van der Waals surface area contributed by atoms with E-state index in [1.54, 1.807) is 31.2 Å². The maximum Gasteiger partial charge on any atom is 0.357 e. The molecule has 2 aromatic rings. The first-order chi connectivity index (χ1) is 12.4. The highest BCUT2D eigenvalue weighted by molar-refractivity contribution is 9.10. The van der Waals surface area contributed by atoms with Crippen LogP contribution in [0.2, 0.25) is 0 Å². The van der Waals surface area contributed by atoms with Gasteiger partial charge in [-0.25, -0.2) is 9.59 Å². The van der Waals surface area contributed by atoms with Gasteiger partial charge in [0.2, 0.25) is 0 Å². The summed E-state index contributed by atoms with van der Waals surface area (Å²) in [6.07, 6.45) is 4.29. The van der Waals surface area contributed by atoms with Crippen LogP contribution in [0.3, 0.4) is 0 Å². The lowest BCUT2D eigenvalue weighted by atomic mass is 10.1. The second-order valence-electron chi connectivity index (χ2n) is 5.07. The number of esters is 2. The summed E-state index contributed by atoms with van der Waals surface area (Å²) in [5.41, 5.74) is 7.29. The number of hydrogen-bond acceptors (Lipinski definition) is 6. The van der Waals surface area contributed by atoms with Gasteiger partial charge in [-0.05, 0) is 36.8 Å². The van der Waals surface area contributed by atoms with Crippen molar-refractivity contribution in [1.29, 1.82) is 5.26 Å². The zero-order chi connectivity index (χ0) is 19.3. The molecule has 0 amide bonds. The van der Waals surface area contributed by atoms with Gasteiger partial charge in [0.05, 0.1) is 30.7 Å². The van der Waals surface area contributed by atoms with Crippen LogP contribution >= 0.6 is 15.9 Å². The van der Waals surface area contributed by atoms with Crippen LogP contribution in [0.1, 0.15) is 28.5 Å². The number of nitrogens with zero attached hydrogens (tertiary/aromatic N) is 2. The van der Waals surface area contributed by atoms with Crippen molar-refractivity contribution in [3.05, 3.63) is 51.8 Å². The van der Waals surface area contributed by atoms with Crippen molar-refractivity contribution in [2.75, 3.05) is 19.5 Å². The molecule has 2 N–H and O–H groups in total. The first-order valence-corrected chi connectivity index (χ1v) is 8.36. The number of halogens is 1. The number of benzene rings is 1. The molecule has 0 bridgehead atoms. The minimum atomic E-state index is -0.674. The molecular weight excluding hydrogens is 402 g/mol. The molecule has 7 nitrogen and oxygen atoms in total. The fourth-order valence-corrected chi connectivity index (χ4v) is 2.71. The number of carbonyl (C=O) groups excluding carboxylic acids is 2. The van der Waals surface area contributed by atoms with Crippen molar-refractivity contribution in [2.24, 2.45) is 0 Å². The van der Waals surface area contributed by atoms with Gasteiger partial charge in [0.1, 0.15) is 6.07 Å². The summed E-state index contributed by atoms with van der Waals surface area (Å²) in [5, 5.41) is 9.23. The molecule has 134 valence electrons. The molecule has 0 radical (unpaired) electrons. The number of carbonyl (C=O) groups is 2. The molecule has 0 spiro atoms. The van der Waals surface area contributed by atoms with E-state index in [1.807, 2.05) is 6.07 Å². The Balaban J connectivity index is 2.65. The molecule has 0 aliphatic heterocycles. The molecule has 0 unspecified atom stereocenters. The van der Waals surface area contributed by atoms with E-state index < -0.39 is 11.9 Å². The van der Waals surface area contributed by atoms with E-state index in [0.29, 0.717) is 11.3 Å². The standard InChI is InChI=1S/C18H16BrN3O4/c1-3-26-15(23)7-4-11-8-13(19)5-6-14(11)22-10-12(9-20)16(21)17(22)18(24)25-2/h4-8,10H,3,21H2,1-2H3. The van der Waals surface area contributed by atoms with Gasteiger partial charge in [-0.1, -0.05) is 15.9 Å². The number of nitriles is 1. The first kappa shape index (κ1) is 19.3. The van der Waals surface area contributed by atoms with E-state index >= 15 is 0 Å². The van der Waals surface area contributed by atoms with Gasteiger partial charge in [-0.3, -0.25) is 0 Å². The topological polar surface area (TPSA) is 107 Å². The Morgan fingerprint density at radius 1 is 1.42 bits per heavy atom. The number of nitrogens with two attached hydrogens (primary N) is 1. The Hall–Kier alpha value is -3.05. The predicted octanol–water partition coefficient (Wildman–Crippen LogP) is 3.06. The summed E-state index contributed by atoms with van der Waals surface area (Å²) in [5.74, 6) is -1.16. The Labute approximate surface area is 158 Å². The molecule has 1 aromatic carbocycles. The molecule has 0 saturated heterocycles. The second kappa shape index (κ2) is 8.36. The maximum atomic E-state index is 12.2. The monoisotopic (exact) mass is 417 g/mol. The number of methoxy groups -OCH3 is 1. The van der Waals surface area contributed by atoms with Crippen molar-refractivity contribution in [3.8, 4) is 11.8 Å². The van der Waals surface area contributed by atoms with Gasteiger partial charge < -0.3 is 19.8 Å². The van der Waals surface area contributed by atoms with E-state index in [2.05, 4.69) is 15.9 Å². The van der Waals surface area contributed by atoms with Crippen molar-refractivity contribution >= 4 is 39.6 Å². The highest BCUT2D eigenvalue weighted by Gasteiger charge is 2.22. The van der Waals surface area contributed by atoms with E-state index in [1.165, 1.54) is 23.9 Å². The van der Waals surface area contributed by atoms with E-state index in [4.69, 9.17) is 15.2 Å². The van der Waals surface area contributed by atoms with Crippen LogP contribution in [0.4, 0.5) is 5.69 Å². The van der Waals surface area contributed by atoms with Gasteiger partial charge >= 0.3 is 11.9 Å². The molecule has 0 fully saturated rings. The summed E-state index contributed by atoms with van der Waals surface area (Å²) in [6, 6.07) is 7.19. The van der Waals surface area contributed by atoms with Gasteiger partial charge in [-0.2, -0.15) is 5.26 Å². The molecule has 0 atom stereocenters. The summed E-state index contributed by atoms with van der Waals surface area (Å²) < 4.78 is 11.9. The molecule has 1 aromatic heterocycles. The highest BCUT2D eigenvalue weighted by atomic mass is 79.9. The molecular formula is C18H16BrN3O4. The Morgan fingerprint density at radius 3 is 2.77 bits per heavy atom. The lowest BCUT2D eigenvalue weighted by Gasteiger charge is -2.12. The number of rotatable bonds is 5. The lowest BCUT2D eigenvalue weighted by Crippen LogP contribution is -2.11. The van der Waals surface area contributed by atoms with Crippen LogP contribution < -0.4 is 5.73 Å². The molecule has 8 heteroatoms. The summed E-state index contributed by atoms with van der Waals surface area (Å²) >= 11 is 3.37. The molecule has 1 heterocycles. The fourth-order valence-electron chi connectivity index (χ4n) is 2.33. The van der Waals surface area contributed by atoms with Crippen LogP contribution in [-0.2, 0) is 14.3 Å². The van der Waals surface area contributed by atoms with Crippen LogP contribution in [0.5, 0.6) is 0 Å². The average molecular weight is 418 g/mol. The van der Waals surface area contributed by atoms with Crippen molar-refractivity contribution < 1.29 is 19.1 Å². The van der Waals surface area contributed by atoms with Crippen LogP contribution in [0.25, 0.3) is 11.8 Å². The normalized spacial score (nSPS) is 10.5. The van der Waals surface area contributed by atoms with E-state index in [9.17, 15) is 14.9 Å². The number of nitrogen functional groups attached to an aromatic ring is 1. The summed E-state index contributed by atoms with van der Waals surface area (Å²) in [6.45, 7) is 1.98. The van der Waals surface area contributed by atoms with Gasteiger partial charge in [0, 0.05) is 16.7 Å². The number of hydrogen-bond donors (Lipinski definition) is 1. The first-order valence-electron chi connectivity index (χ1n) is 7.56. The zero-order valence-corrected chi connectivity index (χ0v) is 15.7. The third-order valence-electron chi connectivity index (χ3n) is 3.48. The lowest BCUT2D eigenvalue weighted by molar-refractivity contribution is -0.137. The van der Waals surface area contributed by atoms with Crippen molar-refractivity contribution in [3.63, 3.8) is 0 Å². The molecule has 26 heavy (non-hydrogen) atoms. The zero-order valence-electron chi connectivity index (χ0n) is 14.2. The minimum Gasteiger partial charge on any atom is -0.464 e. The number of ether oxygens (including phenoxy) is 2. The van der Waals surface area contributed by atoms with Crippen LogP contribution in [0, 0.1) is 11.3 Å². The van der Waals surface area contributed by atoms with E-state index in [-0.39, 0.29) is 23.6 Å². The van der Waals surface area contributed by atoms with Crippen LogP contribution in [0.15, 0.2) is 34.9 Å². The summed E-state index contributed by atoms with van der Waals surface area (Å²) in [4.78, 5) is 23.8. The fraction of sp³-hybridized carbons (Fsp3) is 0.167. The Kier molecular flexibility index (Phi) is 6.20. The number of aromatic nitrogens is 1. The van der Waals surface area contributed by atoms with Crippen molar-refractivity contribution in [1.82, 2.24) is 4.57 Å². The smallest absolute Gasteiger partial charge is 0.357 e. The quantitative estimate of drug-likeness (QED) is 0.591. The predicted molar refractivity (Wildman–Crippen MR) is 99.6 cm³/mol. The Morgan fingerprint density at radius 2 is 2.15 bits per heavy atom. The molecule has 2 rings (SSSR count). The SMILES string of the molecule is CCOC(=O)C=Cc1cc(Br)ccc1-n1cc(C#N)c(N)c1C(=O)OC. The number of anilines is 1. The van der Waals surface area contributed by atoms with Gasteiger partial charge in [0.25, 0.3) is 0 Å². The van der Waals surface area contributed by atoms with Gasteiger partial charge in [-0.15, -0.1) is 0 Å². The second-order valence-corrected chi connectivity index (χ2v) is 5.98. The summed E-state index contributed by atoms with van der Waals surface area (Å²) in [7, 11) is 1.23.